The number of hydrogen-bond donors (Lipinski definition) is 1. The molecule has 0 aliphatic carbocycles. The summed E-state index contributed by atoms with van der Waals surface area (Å²) in [5, 5.41) is 3.43. The van der Waals surface area contributed by atoms with Crippen LogP contribution in [0, 0.1) is 6.92 Å². The molecule has 1 N–H and O–H groups in total. The Bertz CT molecular complexity index is 754. The van der Waals surface area contributed by atoms with E-state index in [0.717, 1.165) is 21.5 Å². The Hall–Kier alpha value is -2.13. The minimum absolute atomic E-state index is 0.876. The number of pyridine rings is 1. The number of anilines is 2. The number of hydrogen-bond acceptors (Lipinski definition) is 2. The van der Waals surface area contributed by atoms with Gasteiger partial charge in [-0.05, 0) is 46.1 Å². The van der Waals surface area contributed by atoms with Gasteiger partial charge in [0, 0.05) is 21.9 Å². The van der Waals surface area contributed by atoms with Gasteiger partial charge in [0.25, 0.3) is 0 Å². The van der Waals surface area contributed by atoms with Crippen molar-refractivity contribution in [3.05, 3.63) is 76.9 Å². The van der Waals surface area contributed by atoms with Gasteiger partial charge in [0.15, 0.2) is 0 Å². The summed E-state index contributed by atoms with van der Waals surface area (Å²) >= 11 is 3.44. The van der Waals surface area contributed by atoms with Gasteiger partial charge in [0.2, 0.25) is 0 Å². The van der Waals surface area contributed by atoms with Gasteiger partial charge in [0.1, 0.15) is 5.82 Å². The molecule has 1 heterocycles. The van der Waals surface area contributed by atoms with Crippen LogP contribution in [0.3, 0.4) is 0 Å². The summed E-state index contributed by atoms with van der Waals surface area (Å²) in [4.78, 5) is 4.45. The highest BCUT2D eigenvalue weighted by atomic mass is 79.9. The molecule has 3 rings (SSSR count). The number of halogens is 1. The van der Waals surface area contributed by atoms with Crippen LogP contribution in [-0.4, -0.2) is 4.98 Å². The molecule has 2 aromatic carbocycles. The Labute approximate surface area is 133 Å². The number of para-hydroxylation sites is 1. The summed E-state index contributed by atoms with van der Waals surface area (Å²) in [6.45, 7) is 2.05. The van der Waals surface area contributed by atoms with Gasteiger partial charge >= 0.3 is 0 Å². The number of aromatic nitrogens is 1. The molecule has 0 saturated heterocycles. The van der Waals surface area contributed by atoms with E-state index >= 15 is 0 Å². The third kappa shape index (κ3) is 3.14. The number of nitrogens with zero attached hydrogens (tertiary/aromatic N) is 1. The molecule has 21 heavy (non-hydrogen) atoms. The van der Waals surface area contributed by atoms with Gasteiger partial charge in [0.05, 0.1) is 0 Å². The van der Waals surface area contributed by atoms with E-state index in [0.29, 0.717) is 0 Å². The van der Waals surface area contributed by atoms with Crippen molar-refractivity contribution in [3.63, 3.8) is 0 Å². The Morgan fingerprint density at radius 3 is 2.43 bits per heavy atom. The Morgan fingerprint density at radius 2 is 1.67 bits per heavy atom. The van der Waals surface area contributed by atoms with E-state index in [1.54, 1.807) is 6.20 Å². The van der Waals surface area contributed by atoms with Crippen molar-refractivity contribution < 1.29 is 0 Å². The van der Waals surface area contributed by atoms with Crippen molar-refractivity contribution in [2.24, 2.45) is 0 Å². The second-order valence-electron chi connectivity index (χ2n) is 4.86. The topological polar surface area (TPSA) is 24.9 Å². The molecular weight excluding hydrogens is 324 g/mol. The van der Waals surface area contributed by atoms with Gasteiger partial charge in [-0.1, -0.05) is 48.5 Å². The fraction of sp³-hybridized carbons (Fsp3) is 0.0556. The highest BCUT2D eigenvalue weighted by Gasteiger charge is 2.07. The maximum Gasteiger partial charge on any atom is 0.133 e. The van der Waals surface area contributed by atoms with E-state index in [-0.39, 0.29) is 0 Å². The summed E-state index contributed by atoms with van der Waals surface area (Å²) in [5.41, 5.74) is 4.52. The molecule has 2 nitrogen and oxygen atoms in total. The van der Waals surface area contributed by atoms with Crippen LogP contribution in [-0.2, 0) is 0 Å². The van der Waals surface area contributed by atoms with E-state index in [4.69, 9.17) is 0 Å². The molecule has 0 unspecified atom stereocenters. The van der Waals surface area contributed by atoms with Gasteiger partial charge in [-0.3, -0.25) is 0 Å². The first kappa shape index (κ1) is 13.8. The van der Waals surface area contributed by atoms with Crippen molar-refractivity contribution in [1.82, 2.24) is 4.98 Å². The molecular formula is C18H15BrN2. The van der Waals surface area contributed by atoms with Crippen LogP contribution in [0.2, 0.25) is 0 Å². The van der Waals surface area contributed by atoms with Crippen molar-refractivity contribution in [2.75, 3.05) is 5.32 Å². The standard InChI is InChI=1S/C18H15BrN2/c1-13-11-15(19)12-20-18(13)21-17-10-6-5-9-16(17)14-7-3-2-4-8-14/h2-12H,1H3,(H,20,21). The third-order valence-corrected chi connectivity index (χ3v) is 3.74. The lowest BCUT2D eigenvalue weighted by Crippen LogP contribution is -1.98. The first-order chi connectivity index (χ1) is 10.2. The van der Waals surface area contributed by atoms with E-state index in [2.05, 4.69) is 74.8 Å². The fourth-order valence-corrected chi connectivity index (χ4v) is 2.71. The molecule has 0 bridgehead atoms. The summed E-state index contributed by atoms with van der Waals surface area (Å²) in [5.74, 6) is 0.876. The van der Waals surface area contributed by atoms with E-state index in [9.17, 15) is 0 Å². The van der Waals surface area contributed by atoms with E-state index < -0.39 is 0 Å². The van der Waals surface area contributed by atoms with Crippen LogP contribution in [0.25, 0.3) is 11.1 Å². The van der Waals surface area contributed by atoms with Crippen LogP contribution >= 0.6 is 15.9 Å². The van der Waals surface area contributed by atoms with E-state index in [1.165, 1.54) is 11.1 Å². The molecule has 3 aromatic rings. The van der Waals surface area contributed by atoms with Gasteiger partial charge in [-0.2, -0.15) is 0 Å². The third-order valence-electron chi connectivity index (χ3n) is 3.31. The summed E-state index contributed by atoms with van der Waals surface area (Å²) in [7, 11) is 0. The maximum absolute atomic E-state index is 4.45. The zero-order chi connectivity index (χ0) is 14.7. The number of rotatable bonds is 3. The zero-order valence-electron chi connectivity index (χ0n) is 11.7. The lowest BCUT2D eigenvalue weighted by molar-refractivity contribution is 1.24. The highest BCUT2D eigenvalue weighted by Crippen LogP contribution is 2.30. The molecule has 0 spiro atoms. The van der Waals surface area contributed by atoms with Crippen LogP contribution in [0.15, 0.2) is 71.3 Å². The summed E-state index contributed by atoms with van der Waals surface area (Å²) in [6, 6.07) is 20.7. The van der Waals surface area contributed by atoms with Crippen LogP contribution in [0.4, 0.5) is 11.5 Å². The molecule has 3 heteroatoms. The first-order valence-electron chi connectivity index (χ1n) is 6.77. The highest BCUT2D eigenvalue weighted by molar-refractivity contribution is 9.10. The van der Waals surface area contributed by atoms with Crippen molar-refractivity contribution in [2.45, 2.75) is 6.92 Å². The summed E-state index contributed by atoms with van der Waals surface area (Å²) < 4.78 is 0.988. The monoisotopic (exact) mass is 338 g/mol. The SMILES string of the molecule is Cc1cc(Br)cnc1Nc1ccccc1-c1ccccc1. The first-order valence-corrected chi connectivity index (χ1v) is 7.57. The Kier molecular flexibility index (Phi) is 4.02. The normalized spacial score (nSPS) is 10.4. The van der Waals surface area contributed by atoms with Gasteiger partial charge < -0.3 is 5.32 Å². The lowest BCUT2D eigenvalue weighted by Gasteiger charge is -2.13. The largest absolute Gasteiger partial charge is 0.340 e. The molecule has 0 fully saturated rings. The van der Waals surface area contributed by atoms with Gasteiger partial charge in [-0.15, -0.1) is 0 Å². The quantitative estimate of drug-likeness (QED) is 0.675. The molecule has 0 atom stereocenters. The van der Waals surface area contributed by atoms with E-state index in [1.807, 2.05) is 19.1 Å². The van der Waals surface area contributed by atoms with Crippen LogP contribution in [0.1, 0.15) is 5.56 Å². The zero-order valence-corrected chi connectivity index (χ0v) is 13.3. The molecule has 0 aliphatic heterocycles. The second kappa shape index (κ2) is 6.10. The molecule has 0 aliphatic rings. The Balaban J connectivity index is 2.00. The molecule has 0 amide bonds. The molecule has 1 aromatic heterocycles. The predicted octanol–water partition coefficient (Wildman–Crippen LogP) is 5.56. The predicted molar refractivity (Wildman–Crippen MR) is 91.8 cm³/mol. The average Bonchev–Trinajstić information content (AvgIpc) is 2.51. The minimum atomic E-state index is 0.876. The second-order valence-corrected chi connectivity index (χ2v) is 5.77. The Morgan fingerprint density at radius 1 is 0.952 bits per heavy atom. The number of aryl methyl sites for hydroxylation is 1. The summed E-state index contributed by atoms with van der Waals surface area (Å²) in [6.07, 6.45) is 1.81. The molecule has 0 saturated carbocycles. The van der Waals surface area contributed by atoms with Crippen molar-refractivity contribution in [1.29, 1.82) is 0 Å². The maximum atomic E-state index is 4.45. The number of nitrogens with one attached hydrogen (secondary N) is 1. The number of benzene rings is 2. The van der Waals surface area contributed by atoms with Crippen LogP contribution in [0.5, 0.6) is 0 Å². The minimum Gasteiger partial charge on any atom is -0.340 e. The van der Waals surface area contributed by atoms with Crippen molar-refractivity contribution in [3.8, 4) is 11.1 Å². The molecule has 104 valence electrons. The lowest BCUT2D eigenvalue weighted by atomic mass is 10.0. The van der Waals surface area contributed by atoms with Gasteiger partial charge in [-0.25, -0.2) is 4.98 Å². The fourth-order valence-electron chi connectivity index (χ4n) is 2.26. The van der Waals surface area contributed by atoms with Crippen LogP contribution < -0.4 is 5.32 Å². The average molecular weight is 339 g/mol. The smallest absolute Gasteiger partial charge is 0.133 e. The molecule has 0 radical (unpaired) electrons. The van der Waals surface area contributed by atoms with Crippen molar-refractivity contribution >= 4 is 27.4 Å².